The van der Waals surface area contributed by atoms with Crippen LogP contribution in [-0.4, -0.2) is 39.7 Å². The zero-order chi connectivity index (χ0) is 21.3. The largest absolute Gasteiger partial charge is 0.416 e. The third-order valence-electron chi connectivity index (χ3n) is 4.43. The molecule has 0 aliphatic carbocycles. The fourth-order valence-corrected chi connectivity index (χ4v) is 5.09. The van der Waals surface area contributed by atoms with Gasteiger partial charge in [0.05, 0.1) is 22.0 Å². The molecular formula is C18H15ClF3N5OS2. The molecule has 1 aromatic carbocycles. The summed E-state index contributed by atoms with van der Waals surface area (Å²) in [5, 5.41) is 3.95. The summed E-state index contributed by atoms with van der Waals surface area (Å²) in [5.41, 5.74) is -0.397. The monoisotopic (exact) mass is 473 g/mol. The number of carbonyl (C=O) groups excluding carboxylic acids is 1. The van der Waals surface area contributed by atoms with E-state index in [9.17, 15) is 18.0 Å². The molecule has 12 heteroatoms. The summed E-state index contributed by atoms with van der Waals surface area (Å²) in [6.07, 6.45) is -0.882. The van der Waals surface area contributed by atoms with E-state index in [1.165, 1.54) is 29.4 Å². The number of thiazole rings is 1. The van der Waals surface area contributed by atoms with Crippen LogP contribution in [0.5, 0.6) is 0 Å². The third kappa shape index (κ3) is 4.62. The van der Waals surface area contributed by atoms with E-state index in [-0.39, 0.29) is 16.5 Å². The quantitative estimate of drug-likeness (QED) is 0.411. The lowest BCUT2D eigenvalue weighted by Crippen LogP contribution is -2.16. The van der Waals surface area contributed by atoms with Gasteiger partial charge in [0, 0.05) is 13.1 Å². The van der Waals surface area contributed by atoms with Gasteiger partial charge in [0.15, 0.2) is 10.8 Å². The number of thioether (sulfide) groups is 1. The number of carbonyl (C=O) groups is 1. The van der Waals surface area contributed by atoms with Gasteiger partial charge in [0.1, 0.15) is 16.1 Å². The molecule has 30 heavy (non-hydrogen) atoms. The van der Waals surface area contributed by atoms with Gasteiger partial charge >= 0.3 is 6.18 Å². The second-order valence-corrected chi connectivity index (χ2v) is 8.90. The van der Waals surface area contributed by atoms with Crippen LogP contribution in [0.15, 0.2) is 29.6 Å². The third-order valence-corrected chi connectivity index (χ3v) is 6.99. The van der Waals surface area contributed by atoms with Gasteiger partial charge in [-0.1, -0.05) is 34.7 Å². The van der Waals surface area contributed by atoms with Crippen molar-refractivity contribution in [3.63, 3.8) is 0 Å². The number of hydrogen-bond donors (Lipinski definition) is 1. The number of aromatic nitrogens is 3. The minimum Gasteiger partial charge on any atom is -0.348 e. The summed E-state index contributed by atoms with van der Waals surface area (Å²) < 4.78 is 39.4. The van der Waals surface area contributed by atoms with Gasteiger partial charge in [-0.3, -0.25) is 4.79 Å². The first-order chi connectivity index (χ1) is 14.3. The van der Waals surface area contributed by atoms with E-state index in [0.29, 0.717) is 10.7 Å². The number of benzene rings is 1. The number of rotatable bonds is 5. The van der Waals surface area contributed by atoms with Crippen LogP contribution >= 0.6 is 34.7 Å². The Morgan fingerprint density at radius 1 is 1.27 bits per heavy atom. The highest BCUT2D eigenvalue weighted by atomic mass is 35.5. The molecule has 0 atom stereocenters. The molecule has 0 radical (unpaired) electrons. The van der Waals surface area contributed by atoms with Gasteiger partial charge < -0.3 is 10.2 Å². The van der Waals surface area contributed by atoms with E-state index in [4.69, 9.17) is 11.6 Å². The van der Waals surface area contributed by atoms with Gasteiger partial charge in [0.25, 0.3) is 0 Å². The van der Waals surface area contributed by atoms with Gasteiger partial charge in [-0.15, -0.1) is 0 Å². The van der Waals surface area contributed by atoms with Gasteiger partial charge in [0.2, 0.25) is 5.91 Å². The molecule has 2 aromatic heterocycles. The molecule has 1 amide bonds. The van der Waals surface area contributed by atoms with Crippen molar-refractivity contribution in [3.05, 3.63) is 35.1 Å². The molecule has 1 aliphatic heterocycles. The van der Waals surface area contributed by atoms with Crippen LogP contribution in [0.2, 0.25) is 5.02 Å². The van der Waals surface area contributed by atoms with Crippen LogP contribution < -0.4 is 10.2 Å². The Balaban J connectivity index is 1.46. The number of anilines is 2. The molecule has 1 fully saturated rings. The van der Waals surface area contributed by atoms with Crippen molar-refractivity contribution in [2.24, 2.45) is 0 Å². The van der Waals surface area contributed by atoms with Crippen molar-refractivity contribution in [1.82, 2.24) is 15.0 Å². The van der Waals surface area contributed by atoms with Crippen molar-refractivity contribution in [1.29, 1.82) is 0 Å². The fourth-order valence-electron chi connectivity index (χ4n) is 2.99. The maximum Gasteiger partial charge on any atom is 0.416 e. The Bertz CT molecular complexity index is 1090. The zero-order valence-corrected chi connectivity index (χ0v) is 17.8. The van der Waals surface area contributed by atoms with Crippen LogP contribution in [-0.2, 0) is 11.0 Å². The standard InChI is InChI=1S/C18H15ClF3N5OS2/c19-11-4-3-10(18(20,21)22)7-12(11)25-13(28)8-29-16-14-15(23-9-24-16)26-17(30-14)27-5-1-2-6-27/h3-4,7,9H,1-2,5-6,8H2,(H,25,28). The SMILES string of the molecule is O=C(CSc1ncnc2nc(N3CCCC3)sc12)Nc1cc(C(F)(F)F)ccc1Cl. The topological polar surface area (TPSA) is 71.0 Å². The average molecular weight is 474 g/mol. The smallest absolute Gasteiger partial charge is 0.348 e. The zero-order valence-electron chi connectivity index (χ0n) is 15.4. The van der Waals surface area contributed by atoms with Crippen molar-refractivity contribution < 1.29 is 18.0 Å². The predicted molar refractivity (Wildman–Crippen MR) is 112 cm³/mol. The van der Waals surface area contributed by atoms with Crippen molar-refractivity contribution in [3.8, 4) is 0 Å². The van der Waals surface area contributed by atoms with Crippen molar-refractivity contribution >= 4 is 61.8 Å². The number of nitrogens with one attached hydrogen (secondary N) is 1. The summed E-state index contributed by atoms with van der Waals surface area (Å²) >= 11 is 8.58. The molecule has 1 aliphatic rings. The highest BCUT2D eigenvalue weighted by Crippen LogP contribution is 2.36. The Morgan fingerprint density at radius 2 is 2.03 bits per heavy atom. The molecule has 0 saturated carbocycles. The normalized spacial score (nSPS) is 14.5. The highest BCUT2D eigenvalue weighted by Gasteiger charge is 2.31. The van der Waals surface area contributed by atoms with E-state index in [1.54, 1.807) is 0 Å². The summed E-state index contributed by atoms with van der Waals surface area (Å²) in [5.74, 6) is -0.535. The second kappa shape index (κ2) is 8.56. The molecule has 1 saturated heterocycles. The first-order valence-corrected chi connectivity index (χ1v) is 11.1. The van der Waals surface area contributed by atoms with Crippen LogP contribution in [0.25, 0.3) is 10.3 Å². The molecule has 158 valence electrons. The molecule has 3 heterocycles. The number of alkyl halides is 3. The summed E-state index contributed by atoms with van der Waals surface area (Å²) in [6.45, 7) is 1.91. The minimum absolute atomic E-state index is 0.0310. The van der Waals surface area contributed by atoms with Crippen LogP contribution in [0.1, 0.15) is 18.4 Å². The molecule has 0 spiro atoms. The first kappa shape index (κ1) is 21.1. The summed E-state index contributed by atoms with van der Waals surface area (Å²) in [6, 6.07) is 2.80. The van der Waals surface area contributed by atoms with Gasteiger partial charge in [-0.2, -0.15) is 18.2 Å². The molecule has 4 rings (SSSR count). The first-order valence-electron chi connectivity index (χ1n) is 8.97. The molecule has 1 N–H and O–H groups in total. The van der Waals surface area contributed by atoms with E-state index in [0.717, 1.165) is 54.0 Å². The average Bonchev–Trinajstić information content (AvgIpc) is 3.36. The van der Waals surface area contributed by atoms with Crippen molar-refractivity contribution in [2.75, 3.05) is 29.1 Å². The summed E-state index contributed by atoms with van der Waals surface area (Å²) in [7, 11) is 0. The van der Waals surface area contributed by atoms with Gasteiger partial charge in [-0.05, 0) is 31.0 Å². The van der Waals surface area contributed by atoms with Crippen molar-refractivity contribution in [2.45, 2.75) is 24.0 Å². The Morgan fingerprint density at radius 3 is 2.77 bits per heavy atom. The molecule has 0 unspecified atom stereocenters. The van der Waals surface area contributed by atoms with Gasteiger partial charge in [-0.25, -0.2) is 9.97 Å². The Labute approximate surface area is 182 Å². The molecular weight excluding hydrogens is 459 g/mol. The Hall–Kier alpha value is -2.11. The minimum atomic E-state index is -4.52. The van der Waals surface area contributed by atoms with E-state index >= 15 is 0 Å². The van der Waals surface area contributed by atoms with Crippen LogP contribution in [0, 0.1) is 0 Å². The molecule has 0 bridgehead atoms. The lowest BCUT2D eigenvalue weighted by atomic mass is 10.2. The number of amides is 1. The molecule has 6 nitrogen and oxygen atoms in total. The van der Waals surface area contributed by atoms with E-state index < -0.39 is 17.6 Å². The lowest BCUT2D eigenvalue weighted by Gasteiger charge is -2.11. The van der Waals surface area contributed by atoms with Crippen LogP contribution in [0.4, 0.5) is 24.0 Å². The predicted octanol–water partition coefficient (Wildman–Crippen LogP) is 5.09. The maximum absolute atomic E-state index is 12.9. The Kier molecular flexibility index (Phi) is 6.03. The maximum atomic E-state index is 12.9. The molecule has 3 aromatic rings. The lowest BCUT2D eigenvalue weighted by molar-refractivity contribution is -0.137. The van der Waals surface area contributed by atoms with E-state index in [1.807, 2.05) is 0 Å². The number of nitrogens with zero attached hydrogens (tertiary/aromatic N) is 4. The second-order valence-electron chi connectivity index (χ2n) is 6.55. The van der Waals surface area contributed by atoms with E-state index in [2.05, 4.69) is 25.2 Å². The number of hydrogen-bond acceptors (Lipinski definition) is 7. The number of halogens is 4. The number of fused-ring (bicyclic) bond motifs is 1. The summed E-state index contributed by atoms with van der Waals surface area (Å²) in [4.78, 5) is 27.5. The van der Waals surface area contributed by atoms with Crippen LogP contribution in [0.3, 0.4) is 0 Å². The fraction of sp³-hybridized carbons (Fsp3) is 0.333. The highest BCUT2D eigenvalue weighted by molar-refractivity contribution is 8.00.